The summed E-state index contributed by atoms with van der Waals surface area (Å²) in [5.41, 5.74) is 7.70. The molecule has 3 heterocycles. The van der Waals surface area contributed by atoms with E-state index >= 15 is 0 Å². The van der Waals surface area contributed by atoms with E-state index in [1.807, 2.05) is 10.6 Å². The molecule has 3 aromatic heterocycles. The van der Waals surface area contributed by atoms with Gasteiger partial charge in [0.05, 0.1) is 16.8 Å². The Morgan fingerprint density at radius 1 is 1.41 bits per heavy atom. The van der Waals surface area contributed by atoms with Crippen LogP contribution in [0.25, 0.3) is 17.0 Å². The molecule has 0 aliphatic rings. The van der Waals surface area contributed by atoms with Gasteiger partial charge in [0.15, 0.2) is 11.5 Å². The van der Waals surface area contributed by atoms with Gasteiger partial charge in [0.2, 0.25) is 0 Å². The minimum atomic E-state index is 0.728. The summed E-state index contributed by atoms with van der Waals surface area (Å²) >= 11 is 1.60. The van der Waals surface area contributed by atoms with Gasteiger partial charge in [0.1, 0.15) is 0 Å². The summed E-state index contributed by atoms with van der Waals surface area (Å²) in [6, 6.07) is 2.08. The van der Waals surface area contributed by atoms with Crippen molar-refractivity contribution in [3.63, 3.8) is 0 Å². The van der Waals surface area contributed by atoms with E-state index in [0.29, 0.717) is 0 Å². The maximum Gasteiger partial charge on any atom is 0.179 e. The molecule has 0 aromatic carbocycles. The second-order valence-electron chi connectivity index (χ2n) is 3.67. The van der Waals surface area contributed by atoms with Crippen molar-refractivity contribution in [1.82, 2.24) is 19.6 Å². The number of aromatic nitrogens is 4. The van der Waals surface area contributed by atoms with Gasteiger partial charge in [0.25, 0.3) is 0 Å². The smallest absolute Gasteiger partial charge is 0.179 e. The summed E-state index contributed by atoms with van der Waals surface area (Å²) in [6.45, 7) is 2.11. The number of thiophene rings is 1. The van der Waals surface area contributed by atoms with E-state index in [-0.39, 0.29) is 0 Å². The first-order valence-corrected chi connectivity index (χ1v) is 6.14. The van der Waals surface area contributed by atoms with E-state index in [4.69, 9.17) is 5.73 Å². The van der Waals surface area contributed by atoms with Gasteiger partial charge in [-0.25, -0.2) is 0 Å². The van der Waals surface area contributed by atoms with Crippen LogP contribution in [0, 0.1) is 0 Å². The molecule has 0 fully saturated rings. The van der Waals surface area contributed by atoms with Gasteiger partial charge in [-0.3, -0.25) is 9.38 Å². The molecule has 86 valence electrons. The molecule has 6 heteroatoms. The summed E-state index contributed by atoms with van der Waals surface area (Å²) in [5, 5.41) is 9.03. The standard InChI is InChI=1S/C11H11N5S/c1-2-7-5-8(10(12)17-7)11-15-14-9-6-13-3-4-16(9)11/h3-6H,2,12H2,1H3. The van der Waals surface area contributed by atoms with Gasteiger partial charge in [0, 0.05) is 17.3 Å². The highest BCUT2D eigenvalue weighted by atomic mass is 32.1. The van der Waals surface area contributed by atoms with Crippen molar-refractivity contribution in [3.8, 4) is 11.4 Å². The molecule has 17 heavy (non-hydrogen) atoms. The Morgan fingerprint density at radius 2 is 2.29 bits per heavy atom. The lowest BCUT2D eigenvalue weighted by Crippen LogP contribution is -1.91. The van der Waals surface area contributed by atoms with Gasteiger partial charge in [-0.1, -0.05) is 6.92 Å². The van der Waals surface area contributed by atoms with E-state index in [1.165, 1.54) is 4.88 Å². The van der Waals surface area contributed by atoms with Crippen LogP contribution in [-0.2, 0) is 6.42 Å². The average Bonchev–Trinajstić information content (AvgIpc) is 2.92. The van der Waals surface area contributed by atoms with Crippen molar-refractivity contribution in [3.05, 3.63) is 29.5 Å². The summed E-state index contributed by atoms with van der Waals surface area (Å²) < 4.78 is 1.89. The number of nitrogens with zero attached hydrogens (tertiary/aromatic N) is 4. The highest BCUT2D eigenvalue weighted by Crippen LogP contribution is 2.33. The third-order valence-electron chi connectivity index (χ3n) is 2.62. The molecule has 2 N–H and O–H groups in total. The van der Waals surface area contributed by atoms with Crippen LogP contribution in [0.5, 0.6) is 0 Å². The topological polar surface area (TPSA) is 69.1 Å². The van der Waals surface area contributed by atoms with Crippen LogP contribution in [0.3, 0.4) is 0 Å². The molecule has 0 atom stereocenters. The molecule has 0 saturated carbocycles. The number of hydrogen-bond donors (Lipinski definition) is 1. The number of hydrogen-bond acceptors (Lipinski definition) is 5. The Kier molecular flexibility index (Phi) is 2.29. The Hall–Kier alpha value is -1.95. The van der Waals surface area contributed by atoms with Crippen molar-refractivity contribution < 1.29 is 0 Å². The van der Waals surface area contributed by atoms with E-state index in [9.17, 15) is 0 Å². The molecule has 0 bridgehead atoms. The molecule has 0 aliphatic heterocycles. The SMILES string of the molecule is CCc1cc(-c2nnc3cnccn23)c(N)s1. The van der Waals surface area contributed by atoms with E-state index < -0.39 is 0 Å². The van der Waals surface area contributed by atoms with Gasteiger partial charge < -0.3 is 5.73 Å². The molecular formula is C11H11N5S. The normalized spacial score (nSPS) is 11.1. The largest absolute Gasteiger partial charge is 0.390 e. The highest BCUT2D eigenvalue weighted by molar-refractivity contribution is 7.16. The lowest BCUT2D eigenvalue weighted by molar-refractivity contribution is 1.11. The molecular weight excluding hydrogens is 234 g/mol. The zero-order valence-electron chi connectivity index (χ0n) is 9.29. The molecule has 0 radical (unpaired) electrons. The third-order valence-corrected chi connectivity index (χ3v) is 3.72. The number of nitrogens with two attached hydrogens (primary N) is 1. The van der Waals surface area contributed by atoms with Crippen LogP contribution >= 0.6 is 11.3 Å². The monoisotopic (exact) mass is 245 g/mol. The maximum atomic E-state index is 6.02. The Balaban J connectivity index is 2.23. The van der Waals surface area contributed by atoms with Gasteiger partial charge in [-0.2, -0.15) is 0 Å². The Bertz CT molecular complexity index is 669. The fraction of sp³-hybridized carbons (Fsp3) is 0.182. The predicted octanol–water partition coefficient (Wildman–Crippen LogP) is 2.00. The molecule has 3 rings (SSSR count). The highest BCUT2D eigenvalue weighted by Gasteiger charge is 2.13. The number of rotatable bonds is 2. The van der Waals surface area contributed by atoms with Crippen molar-refractivity contribution in [2.75, 3.05) is 5.73 Å². The van der Waals surface area contributed by atoms with Crippen LogP contribution < -0.4 is 5.73 Å². The molecule has 0 saturated heterocycles. The molecule has 0 aliphatic carbocycles. The number of anilines is 1. The quantitative estimate of drug-likeness (QED) is 0.749. The lowest BCUT2D eigenvalue weighted by Gasteiger charge is -1.97. The van der Waals surface area contributed by atoms with Gasteiger partial charge in [-0.15, -0.1) is 21.5 Å². The summed E-state index contributed by atoms with van der Waals surface area (Å²) in [6.07, 6.45) is 6.21. The first-order chi connectivity index (χ1) is 8.29. The van der Waals surface area contributed by atoms with Crippen molar-refractivity contribution >= 4 is 22.0 Å². The van der Waals surface area contributed by atoms with Crippen molar-refractivity contribution in [2.24, 2.45) is 0 Å². The van der Waals surface area contributed by atoms with E-state index in [2.05, 4.69) is 28.2 Å². The Labute approximate surface area is 102 Å². The molecule has 0 amide bonds. The van der Waals surface area contributed by atoms with Crippen LogP contribution in [0.4, 0.5) is 5.00 Å². The van der Waals surface area contributed by atoms with Gasteiger partial charge in [-0.05, 0) is 12.5 Å². The zero-order chi connectivity index (χ0) is 11.8. The molecule has 0 spiro atoms. The zero-order valence-corrected chi connectivity index (χ0v) is 10.1. The van der Waals surface area contributed by atoms with E-state index in [1.54, 1.807) is 23.7 Å². The fourth-order valence-corrected chi connectivity index (χ4v) is 2.61. The Morgan fingerprint density at radius 3 is 3.06 bits per heavy atom. The average molecular weight is 245 g/mol. The van der Waals surface area contributed by atoms with Crippen LogP contribution in [-0.4, -0.2) is 19.6 Å². The first-order valence-electron chi connectivity index (χ1n) is 5.33. The minimum absolute atomic E-state index is 0.728. The van der Waals surface area contributed by atoms with Crippen LogP contribution in [0.2, 0.25) is 0 Å². The number of fused-ring (bicyclic) bond motifs is 1. The van der Waals surface area contributed by atoms with E-state index in [0.717, 1.165) is 28.5 Å². The van der Waals surface area contributed by atoms with Gasteiger partial charge >= 0.3 is 0 Å². The number of nitrogen functional groups attached to an aromatic ring is 1. The number of aryl methyl sites for hydroxylation is 1. The lowest BCUT2D eigenvalue weighted by atomic mass is 10.2. The summed E-state index contributed by atoms with van der Waals surface area (Å²) in [5.74, 6) is 0.774. The first kappa shape index (κ1) is 10.2. The maximum absolute atomic E-state index is 6.02. The summed E-state index contributed by atoms with van der Waals surface area (Å²) in [4.78, 5) is 5.26. The third kappa shape index (κ3) is 1.57. The van der Waals surface area contributed by atoms with Crippen LogP contribution in [0.15, 0.2) is 24.7 Å². The van der Waals surface area contributed by atoms with Crippen molar-refractivity contribution in [1.29, 1.82) is 0 Å². The summed E-state index contributed by atoms with van der Waals surface area (Å²) in [7, 11) is 0. The second-order valence-corrected chi connectivity index (χ2v) is 4.84. The molecule has 3 aromatic rings. The fourth-order valence-electron chi connectivity index (χ4n) is 1.74. The predicted molar refractivity (Wildman–Crippen MR) is 67.9 cm³/mol. The molecule has 5 nitrogen and oxygen atoms in total. The van der Waals surface area contributed by atoms with Crippen molar-refractivity contribution in [2.45, 2.75) is 13.3 Å². The molecule has 0 unspecified atom stereocenters. The van der Waals surface area contributed by atoms with Crippen LogP contribution in [0.1, 0.15) is 11.8 Å². The minimum Gasteiger partial charge on any atom is -0.390 e. The second kappa shape index (κ2) is 3.81.